The van der Waals surface area contributed by atoms with Crippen molar-refractivity contribution in [1.29, 1.82) is 0 Å². The molecule has 2 aliphatic heterocycles. The Morgan fingerprint density at radius 3 is 2.31 bits per heavy atom. The van der Waals surface area contributed by atoms with Gasteiger partial charge in [-0.15, -0.1) is 0 Å². The maximum Gasteiger partial charge on any atom is 0.321 e. The number of benzene rings is 3. The molecule has 5 amide bonds. The summed E-state index contributed by atoms with van der Waals surface area (Å²) in [6, 6.07) is 16.3. The molecule has 0 saturated carbocycles. The molecule has 0 unspecified atom stereocenters. The summed E-state index contributed by atoms with van der Waals surface area (Å²) in [7, 11) is 1.66. The van der Waals surface area contributed by atoms with Crippen LogP contribution < -0.4 is 35.9 Å². The molecule has 0 aromatic heterocycles. The number of fused-ring (bicyclic) bond motifs is 2. The van der Waals surface area contributed by atoms with Crippen LogP contribution in [-0.4, -0.2) is 84.3 Å². The number of urea groups is 1. The van der Waals surface area contributed by atoms with Crippen LogP contribution in [0, 0.1) is 5.92 Å². The molecule has 2 heterocycles. The van der Waals surface area contributed by atoms with E-state index in [4.69, 9.17) is 19.9 Å². The zero-order valence-corrected chi connectivity index (χ0v) is 29.1. The van der Waals surface area contributed by atoms with E-state index in [1.54, 1.807) is 79.5 Å². The normalized spacial score (nSPS) is 16.9. The number of likely N-dealkylation sites (N-methyl/N-ethyl adjacent to an activating group) is 1. The summed E-state index contributed by atoms with van der Waals surface area (Å²) < 4.78 is 17.2. The highest BCUT2D eigenvalue weighted by atomic mass is 16.7. The molecule has 2 aliphatic rings. The van der Waals surface area contributed by atoms with Gasteiger partial charge in [0.15, 0.2) is 11.5 Å². The molecule has 14 nitrogen and oxygen atoms in total. The highest BCUT2D eigenvalue weighted by Gasteiger charge is 2.34. The lowest BCUT2D eigenvalue weighted by molar-refractivity contribution is -0.116. The van der Waals surface area contributed by atoms with Crippen LogP contribution >= 0.6 is 0 Å². The molecule has 3 atom stereocenters. The van der Waals surface area contributed by atoms with E-state index in [-0.39, 0.29) is 68.1 Å². The number of rotatable bonds is 13. The number of aliphatic hydroxyl groups excluding tert-OH is 1. The number of nitrogen functional groups attached to an aromatic ring is 1. The summed E-state index contributed by atoms with van der Waals surface area (Å²) in [6.45, 7) is 4.06. The van der Waals surface area contributed by atoms with Crippen LogP contribution in [0.1, 0.15) is 56.3 Å². The van der Waals surface area contributed by atoms with Crippen molar-refractivity contribution < 1.29 is 38.5 Å². The quantitative estimate of drug-likeness (QED) is 0.122. The largest absolute Gasteiger partial charge is 0.487 e. The number of aliphatic hydroxyl groups is 1. The van der Waals surface area contributed by atoms with E-state index in [1.165, 1.54) is 4.90 Å². The van der Waals surface area contributed by atoms with Crippen LogP contribution in [0.25, 0.3) is 0 Å². The number of para-hydroxylation sites is 2. The maximum atomic E-state index is 13.8. The second kappa shape index (κ2) is 16.9. The van der Waals surface area contributed by atoms with Gasteiger partial charge in [-0.1, -0.05) is 25.5 Å². The lowest BCUT2D eigenvalue weighted by atomic mass is 9.99. The first kappa shape index (κ1) is 36.8. The van der Waals surface area contributed by atoms with Crippen molar-refractivity contribution in [3.63, 3.8) is 0 Å². The molecular formula is C37H46N6O8. The lowest BCUT2D eigenvalue weighted by Crippen LogP contribution is -2.50. The molecule has 0 bridgehead atoms. The number of amides is 5. The van der Waals surface area contributed by atoms with E-state index in [9.17, 15) is 24.3 Å². The molecule has 0 radical (unpaired) electrons. The predicted octanol–water partition coefficient (Wildman–Crippen LogP) is 4.91. The third-order valence-electron chi connectivity index (χ3n) is 8.92. The van der Waals surface area contributed by atoms with Gasteiger partial charge in [0.1, 0.15) is 11.9 Å². The van der Waals surface area contributed by atoms with Crippen molar-refractivity contribution in [3.05, 3.63) is 66.2 Å². The SMILES string of the molecule is C[C@@H]1CN([C@@H](C)CO)C(=O)c2cc(NC(=O)CCCCCC(=O)Nc3ccccc3N)ccc2O[C@H]1CN(C)C(=O)Nc1ccc2c(c1)OCO2. The number of unbranched alkanes of at least 4 members (excludes halogenated alkanes) is 2. The van der Waals surface area contributed by atoms with E-state index in [0.29, 0.717) is 65.7 Å². The first-order valence-corrected chi connectivity index (χ1v) is 17.1. The number of ether oxygens (including phenoxy) is 3. The monoisotopic (exact) mass is 702 g/mol. The van der Waals surface area contributed by atoms with Crippen molar-refractivity contribution in [2.45, 2.75) is 58.1 Å². The van der Waals surface area contributed by atoms with Crippen LogP contribution in [0.5, 0.6) is 17.2 Å². The zero-order chi connectivity index (χ0) is 36.5. The first-order valence-electron chi connectivity index (χ1n) is 17.1. The zero-order valence-electron chi connectivity index (χ0n) is 29.1. The molecule has 51 heavy (non-hydrogen) atoms. The average Bonchev–Trinajstić information content (AvgIpc) is 3.58. The van der Waals surface area contributed by atoms with Crippen molar-refractivity contribution >= 4 is 46.5 Å². The minimum absolute atomic E-state index is 0.128. The summed E-state index contributed by atoms with van der Waals surface area (Å²) in [5, 5.41) is 18.5. The van der Waals surface area contributed by atoms with Gasteiger partial charge in [-0.25, -0.2) is 4.79 Å². The summed E-state index contributed by atoms with van der Waals surface area (Å²) in [5.74, 6) is 0.566. The third kappa shape index (κ3) is 9.60. The molecular weight excluding hydrogens is 656 g/mol. The number of nitrogens with two attached hydrogens (primary N) is 1. The maximum absolute atomic E-state index is 13.8. The predicted molar refractivity (Wildman–Crippen MR) is 193 cm³/mol. The van der Waals surface area contributed by atoms with Crippen LogP contribution in [-0.2, 0) is 9.59 Å². The van der Waals surface area contributed by atoms with Crippen LogP contribution in [0.2, 0.25) is 0 Å². The molecule has 14 heteroatoms. The minimum Gasteiger partial charge on any atom is -0.487 e. The molecule has 272 valence electrons. The number of hydrogen-bond acceptors (Lipinski definition) is 9. The fourth-order valence-corrected chi connectivity index (χ4v) is 5.86. The summed E-state index contributed by atoms with van der Waals surface area (Å²) in [6.07, 6.45) is 1.92. The van der Waals surface area contributed by atoms with Gasteiger partial charge in [0.2, 0.25) is 18.6 Å². The van der Waals surface area contributed by atoms with Gasteiger partial charge in [0.05, 0.1) is 36.1 Å². The Hall–Kier alpha value is -5.50. The highest BCUT2D eigenvalue weighted by molar-refractivity contribution is 6.00. The fraction of sp³-hybridized carbons (Fsp3) is 0.405. The average molecular weight is 703 g/mol. The van der Waals surface area contributed by atoms with Gasteiger partial charge in [-0.2, -0.15) is 0 Å². The number of carbonyl (C=O) groups is 4. The van der Waals surface area contributed by atoms with Crippen LogP contribution in [0.3, 0.4) is 0 Å². The second-order valence-electron chi connectivity index (χ2n) is 13.0. The van der Waals surface area contributed by atoms with Crippen molar-refractivity contribution in [3.8, 4) is 17.2 Å². The molecule has 6 N–H and O–H groups in total. The van der Waals surface area contributed by atoms with Gasteiger partial charge in [-0.05, 0) is 62.2 Å². The summed E-state index contributed by atoms with van der Waals surface area (Å²) in [4.78, 5) is 55.2. The van der Waals surface area contributed by atoms with E-state index < -0.39 is 12.1 Å². The van der Waals surface area contributed by atoms with Gasteiger partial charge in [-0.3, -0.25) is 14.4 Å². The van der Waals surface area contributed by atoms with Gasteiger partial charge < -0.3 is 50.8 Å². The number of nitrogens with one attached hydrogen (secondary N) is 3. The number of carbonyl (C=O) groups excluding carboxylic acids is 4. The Bertz CT molecular complexity index is 1730. The van der Waals surface area contributed by atoms with Crippen molar-refractivity contribution in [1.82, 2.24) is 9.80 Å². The molecule has 0 saturated heterocycles. The van der Waals surface area contributed by atoms with E-state index in [0.717, 1.165) is 0 Å². The molecule has 3 aromatic carbocycles. The van der Waals surface area contributed by atoms with E-state index in [2.05, 4.69) is 16.0 Å². The van der Waals surface area contributed by atoms with E-state index >= 15 is 0 Å². The summed E-state index contributed by atoms with van der Waals surface area (Å²) in [5.41, 5.74) is 8.18. The fourth-order valence-electron chi connectivity index (χ4n) is 5.86. The Kier molecular flexibility index (Phi) is 12.2. The number of anilines is 4. The lowest BCUT2D eigenvalue weighted by Gasteiger charge is -2.38. The minimum atomic E-state index is -0.509. The Labute approximate surface area is 297 Å². The topological polar surface area (TPSA) is 185 Å². The van der Waals surface area contributed by atoms with Gasteiger partial charge in [0, 0.05) is 49.8 Å². The Morgan fingerprint density at radius 1 is 0.922 bits per heavy atom. The van der Waals surface area contributed by atoms with Crippen molar-refractivity contribution in [2.24, 2.45) is 5.92 Å². The Morgan fingerprint density at radius 2 is 1.59 bits per heavy atom. The molecule has 0 spiro atoms. The number of hydrogen-bond donors (Lipinski definition) is 5. The summed E-state index contributed by atoms with van der Waals surface area (Å²) >= 11 is 0. The molecule has 5 rings (SSSR count). The molecule has 0 aliphatic carbocycles. The molecule has 0 fully saturated rings. The van der Waals surface area contributed by atoms with Gasteiger partial charge in [0.25, 0.3) is 5.91 Å². The Balaban J connectivity index is 1.18. The van der Waals surface area contributed by atoms with E-state index in [1.807, 2.05) is 6.92 Å². The second-order valence-corrected chi connectivity index (χ2v) is 13.0. The van der Waals surface area contributed by atoms with Crippen LogP contribution in [0.15, 0.2) is 60.7 Å². The van der Waals surface area contributed by atoms with Crippen molar-refractivity contribution in [2.75, 3.05) is 55.2 Å². The smallest absolute Gasteiger partial charge is 0.321 e. The van der Waals surface area contributed by atoms with Gasteiger partial charge >= 0.3 is 6.03 Å². The third-order valence-corrected chi connectivity index (χ3v) is 8.92. The number of nitrogens with zero attached hydrogens (tertiary/aromatic N) is 2. The standard InChI is InChI=1S/C37H46N6O8/c1-23-19-43(24(2)21-44)36(47)27-17-25(39-34(45)11-5-4-6-12-35(46)41-29-10-8-7-9-28(29)38)13-15-30(27)51-33(23)20-42(3)37(48)40-26-14-16-31-32(18-26)50-22-49-31/h7-10,13-18,23-24,33,44H,4-6,11-12,19-22,38H2,1-3H3,(H,39,45)(H,40,48)(H,41,46)/t23-,24+,33+/m1/s1. The highest BCUT2D eigenvalue weighted by Crippen LogP contribution is 2.35. The molecule has 3 aromatic rings. The van der Waals surface area contributed by atoms with Crippen LogP contribution in [0.4, 0.5) is 27.5 Å². The first-order chi connectivity index (χ1) is 24.5.